The third-order valence-corrected chi connectivity index (χ3v) is 22.6. The molecule has 0 heterocycles. The van der Waals surface area contributed by atoms with Gasteiger partial charge in [-0.15, -0.1) is 0 Å². The molecule has 31 heavy (non-hydrogen) atoms. The maximum atomic E-state index is 6.94. The molecule has 0 fully saturated rings. The lowest BCUT2D eigenvalue weighted by Gasteiger charge is -2.44. The zero-order valence-electron chi connectivity index (χ0n) is 18.8. The second kappa shape index (κ2) is 8.83. The van der Waals surface area contributed by atoms with E-state index in [4.69, 9.17) is 9.16 Å². The van der Waals surface area contributed by atoms with Crippen LogP contribution >= 0.6 is 0 Å². The molecule has 0 spiro atoms. The number of hydrogen-bond acceptors (Lipinski definition) is 2. The summed E-state index contributed by atoms with van der Waals surface area (Å²) < 4.78 is 12.8. The van der Waals surface area contributed by atoms with Crippen molar-refractivity contribution in [1.29, 1.82) is 0 Å². The van der Waals surface area contributed by atoms with Crippen LogP contribution in [0.1, 0.15) is 6.92 Å². The van der Waals surface area contributed by atoms with Crippen molar-refractivity contribution < 1.29 is 9.16 Å². The van der Waals surface area contributed by atoms with Crippen molar-refractivity contribution in [2.45, 2.75) is 20.0 Å². The smallest absolute Gasteiger partial charge is 0.218 e. The Morgan fingerprint density at radius 1 is 0.677 bits per heavy atom. The Labute approximate surface area is 187 Å². The molecule has 0 aromatic heterocycles. The van der Waals surface area contributed by atoms with E-state index in [2.05, 4.69) is 117 Å². The second-order valence-corrected chi connectivity index (χ2v) is 20.3. The van der Waals surface area contributed by atoms with E-state index in [1.165, 1.54) is 26.3 Å². The van der Waals surface area contributed by atoms with E-state index in [-0.39, 0.29) is 0 Å². The van der Waals surface area contributed by atoms with Crippen molar-refractivity contribution in [2.75, 3.05) is 13.7 Å². The van der Waals surface area contributed by atoms with Gasteiger partial charge in [0.15, 0.2) is 0 Å². The standard InChI is InChI=1S/C27H30O2Si2/c1-5-29-31(4,26-21-13-15-22-14-12-20-25(28-2)27(22)26)30(3,23-16-8-6-9-17-23)24-18-10-7-11-19-24/h6-21H,5H2,1-4H3. The van der Waals surface area contributed by atoms with Gasteiger partial charge < -0.3 is 9.16 Å². The average molecular weight is 443 g/mol. The highest BCUT2D eigenvalue weighted by atomic mass is 29.3. The Hall–Kier alpha value is -2.67. The summed E-state index contributed by atoms with van der Waals surface area (Å²) in [4.78, 5) is 0. The minimum absolute atomic E-state index is 0.691. The van der Waals surface area contributed by atoms with Gasteiger partial charge in [0.2, 0.25) is 7.83 Å². The third kappa shape index (κ3) is 3.55. The molecule has 1 unspecified atom stereocenters. The number of fused-ring (bicyclic) bond motifs is 1. The van der Waals surface area contributed by atoms with Gasteiger partial charge in [0, 0.05) is 12.0 Å². The molecule has 0 N–H and O–H groups in total. The van der Waals surface area contributed by atoms with Crippen LogP contribution in [0.25, 0.3) is 10.8 Å². The predicted octanol–water partition coefficient (Wildman–Crippen LogP) is 4.64. The minimum Gasteiger partial charge on any atom is -0.496 e. The topological polar surface area (TPSA) is 18.5 Å². The van der Waals surface area contributed by atoms with Crippen LogP contribution in [0.5, 0.6) is 5.75 Å². The van der Waals surface area contributed by atoms with Crippen molar-refractivity contribution in [3.05, 3.63) is 97.1 Å². The van der Waals surface area contributed by atoms with Crippen molar-refractivity contribution in [1.82, 2.24) is 0 Å². The molecule has 0 amide bonds. The molecule has 0 radical (unpaired) electrons. The van der Waals surface area contributed by atoms with E-state index < -0.39 is 15.4 Å². The number of rotatable bonds is 7. The summed E-state index contributed by atoms with van der Waals surface area (Å²) in [5.41, 5.74) is 0. The molecular weight excluding hydrogens is 412 g/mol. The van der Waals surface area contributed by atoms with Crippen molar-refractivity contribution in [3.8, 4) is 5.75 Å². The van der Waals surface area contributed by atoms with Gasteiger partial charge in [-0.1, -0.05) is 108 Å². The van der Waals surface area contributed by atoms with Crippen LogP contribution in [0.15, 0.2) is 97.1 Å². The summed E-state index contributed by atoms with van der Waals surface area (Å²) in [6.45, 7) is 7.73. The third-order valence-electron chi connectivity index (χ3n) is 6.69. The fraction of sp³-hybridized carbons (Fsp3) is 0.185. The van der Waals surface area contributed by atoms with Crippen molar-refractivity contribution in [3.63, 3.8) is 0 Å². The van der Waals surface area contributed by atoms with Gasteiger partial charge in [-0.3, -0.25) is 0 Å². The summed E-state index contributed by atoms with van der Waals surface area (Å²) in [6, 6.07) is 35.0. The molecule has 4 aromatic carbocycles. The van der Waals surface area contributed by atoms with E-state index >= 15 is 0 Å². The largest absolute Gasteiger partial charge is 0.496 e. The molecule has 0 aliphatic carbocycles. The quantitative estimate of drug-likeness (QED) is 0.388. The highest BCUT2D eigenvalue weighted by Gasteiger charge is 2.54. The highest BCUT2D eigenvalue weighted by molar-refractivity contribution is 7.53. The van der Waals surface area contributed by atoms with Gasteiger partial charge in [0.05, 0.1) is 7.11 Å². The van der Waals surface area contributed by atoms with E-state index in [0.29, 0.717) is 6.61 Å². The molecule has 0 aliphatic rings. The Balaban J connectivity index is 2.10. The predicted molar refractivity (Wildman–Crippen MR) is 137 cm³/mol. The molecular formula is C27H30O2Si2. The van der Waals surface area contributed by atoms with Crippen LogP contribution < -0.4 is 20.3 Å². The molecule has 4 rings (SSSR count). The summed E-state index contributed by atoms with van der Waals surface area (Å²) in [7, 11) is -3.06. The first-order chi connectivity index (χ1) is 15.1. The summed E-state index contributed by atoms with van der Waals surface area (Å²) in [5.74, 6) is 0.920. The number of benzene rings is 4. The van der Waals surface area contributed by atoms with Crippen LogP contribution in [0.3, 0.4) is 0 Å². The lowest BCUT2D eigenvalue weighted by Crippen LogP contribution is -2.79. The van der Waals surface area contributed by atoms with Gasteiger partial charge in [0.1, 0.15) is 13.3 Å². The van der Waals surface area contributed by atoms with Gasteiger partial charge in [-0.2, -0.15) is 0 Å². The molecule has 4 aromatic rings. The molecule has 0 aliphatic heterocycles. The molecule has 2 nitrogen and oxygen atoms in total. The molecule has 1 atom stereocenters. The Bertz CT molecular complexity index is 1120. The molecule has 0 bridgehead atoms. The zero-order valence-corrected chi connectivity index (χ0v) is 20.8. The Morgan fingerprint density at radius 3 is 1.74 bits per heavy atom. The van der Waals surface area contributed by atoms with Crippen LogP contribution in [-0.4, -0.2) is 29.1 Å². The first kappa shape index (κ1) is 21.6. The van der Waals surface area contributed by atoms with E-state index in [9.17, 15) is 0 Å². The van der Waals surface area contributed by atoms with Crippen molar-refractivity contribution >= 4 is 41.8 Å². The first-order valence-electron chi connectivity index (χ1n) is 10.9. The average Bonchev–Trinajstić information content (AvgIpc) is 2.83. The van der Waals surface area contributed by atoms with Crippen LogP contribution in [0.2, 0.25) is 13.1 Å². The molecule has 4 heteroatoms. The Kier molecular flexibility index (Phi) is 6.14. The van der Waals surface area contributed by atoms with Crippen LogP contribution in [0, 0.1) is 0 Å². The monoisotopic (exact) mass is 442 g/mol. The lowest BCUT2D eigenvalue weighted by atomic mass is 10.1. The van der Waals surface area contributed by atoms with Crippen LogP contribution in [0.4, 0.5) is 0 Å². The molecule has 158 valence electrons. The molecule has 0 saturated heterocycles. The Morgan fingerprint density at radius 2 is 1.23 bits per heavy atom. The van der Waals surface area contributed by atoms with E-state index in [0.717, 1.165) is 5.75 Å². The van der Waals surface area contributed by atoms with Crippen LogP contribution in [-0.2, 0) is 4.43 Å². The lowest BCUT2D eigenvalue weighted by molar-refractivity contribution is 0.346. The number of ether oxygens (including phenoxy) is 1. The minimum atomic E-state index is -2.51. The van der Waals surface area contributed by atoms with Gasteiger partial charge in [-0.05, 0) is 30.1 Å². The summed E-state index contributed by atoms with van der Waals surface area (Å²) in [6.07, 6.45) is 0. The number of hydrogen-bond donors (Lipinski definition) is 0. The fourth-order valence-electron chi connectivity index (χ4n) is 4.91. The van der Waals surface area contributed by atoms with E-state index in [1.54, 1.807) is 7.11 Å². The maximum Gasteiger partial charge on any atom is 0.218 e. The SMILES string of the molecule is CCO[Si](C)(c1cccc2cccc(OC)c12)[Si](C)(c1ccccc1)c1ccccc1. The van der Waals surface area contributed by atoms with Gasteiger partial charge in [-0.25, -0.2) is 0 Å². The van der Waals surface area contributed by atoms with Gasteiger partial charge in [0.25, 0.3) is 0 Å². The summed E-state index contributed by atoms with van der Waals surface area (Å²) >= 11 is 0. The van der Waals surface area contributed by atoms with Crippen molar-refractivity contribution in [2.24, 2.45) is 0 Å². The first-order valence-corrected chi connectivity index (χ1v) is 16.8. The molecule has 0 saturated carbocycles. The summed E-state index contributed by atoms with van der Waals surface area (Å²) in [5, 5.41) is 6.55. The zero-order chi connectivity index (χ0) is 21.9. The number of methoxy groups -OCH3 is 1. The highest BCUT2D eigenvalue weighted by Crippen LogP contribution is 2.30. The van der Waals surface area contributed by atoms with E-state index in [1.807, 2.05) is 0 Å². The fourth-order valence-corrected chi connectivity index (χ4v) is 18.6. The maximum absolute atomic E-state index is 6.94. The second-order valence-electron chi connectivity index (χ2n) is 8.19. The normalized spacial score (nSPS) is 13.7. The van der Waals surface area contributed by atoms with Gasteiger partial charge >= 0.3 is 0 Å².